The Morgan fingerprint density at radius 2 is 2.11 bits per heavy atom. The van der Waals surface area contributed by atoms with Crippen LogP contribution in [0.5, 0.6) is 0 Å². The first-order valence-electron chi connectivity index (χ1n) is 5.99. The topological polar surface area (TPSA) is 72.2 Å². The smallest absolute Gasteiger partial charge is 0.304 e. The third kappa shape index (κ3) is 4.01. The second-order valence-electron chi connectivity index (χ2n) is 5.12. The van der Waals surface area contributed by atoms with Gasteiger partial charge in [0.2, 0.25) is 5.82 Å². The Morgan fingerprint density at radius 1 is 1.47 bits per heavy atom. The highest BCUT2D eigenvalue weighted by Crippen LogP contribution is 2.20. The largest absolute Gasteiger partial charge is 0.352 e. The molecule has 1 aromatic rings. The molecule has 0 bridgehead atoms. The van der Waals surface area contributed by atoms with Crippen LogP contribution in [-0.2, 0) is 0 Å². The number of carbonyl (C=O) groups is 1. The Hall–Kier alpha value is -1.98. The van der Waals surface area contributed by atoms with E-state index in [-0.39, 0.29) is 11.0 Å². The van der Waals surface area contributed by atoms with Gasteiger partial charge in [-0.15, -0.1) is 0 Å². The molecule has 5 nitrogen and oxygen atoms in total. The molecular formula is C13H17FN2O3. The number of nitrogens with one attached hydrogen (secondary N) is 1. The van der Waals surface area contributed by atoms with Crippen molar-refractivity contribution in [1.29, 1.82) is 0 Å². The number of nitro groups is 1. The van der Waals surface area contributed by atoms with Gasteiger partial charge >= 0.3 is 5.69 Å². The third-order valence-corrected chi connectivity index (χ3v) is 3.09. The van der Waals surface area contributed by atoms with Crippen molar-refractivity contribution in [2.24, 2.45) is 5.41 Å². The van der Waals surface area contributed by atoms with Gasteiger partial charge in [-0.2, -0.15) is 4.39 Å². The van der Waals surface area contributed by atoms with Gasteiger partial charge in [0.25, 0.3) is 5.91 Å². The molecule has 0 unspecified atom stereocenters. The molecule has 104 valence electrons. The molecule has 0 fully saturated rings. The second kappa shape index (κ2) is 5.77. The van der Waals surface area contributed by atoms with Crippen LogP contribution in [0.3, 0.4) is 0 Å². The molecule has 0 aliphatic rings. The van der Waals surface area contributed by atoms with Crippen LogP contribution in [-0.4, -0.2) is 17.4 Å². The maximum atomic E-state index is 13.4. The first kappa shape index (κ1) is 15.1. The van der Waals surface area contributed by atoms with Gasteiger partial charge < -0.3 is 5.32 Å². The Bertz CT molecular complexity index is 501. The summed E-state index contributed by atoms with van der Waals surface area (Å²) in [4.78, 5) is 21.4. The fraction of sp³-hybridized carbons (Fsp3) is 0.462. The minimum Gasteiger partial charge on any atom is -0.352 e. The SMILES string of the molecule is CCC(C)(C)CNC(=O)c1ccc([N+](=O)[O-])c(F)c1. The van der Waals surface area contributed by atoms with Crippen molar-refractivity contribution in [2.45, 2.75) is 27.2 Å². The summed E-state index contributed by atoms with van der Waals surface area (Å²) in [5.41, 5.74) is -0.602. The molecule has 1 N–H and O–H groups in total. The van der Waals surface area contributed by atoms with Gasteiger partial charge in [-0.25, -0.2) is 0 Å². The number of carbonyl (C=O) groups excluding carboxylic acids is 1. The van der Waals surface area contributed by atoms with Crippen LogP contribution in [0.1, 0.15) is 37.6 Å². The molecule has 0 spiro atoms. The van der Waals surface area contributed by atoms with E-state index in [4.69, 9.17) is 0 Å². The van der Waals surface area contributed by atoms with Crippen LogP contribution in [0, 0.1) is 21.3 Å². The normalized spacial score (nSPS) is 11.2. The van der Waals surface area contributed by atoms with E-state index >= 15 is 0 Å². The van der Waals surface area contributed by atoms with E-state index in [0.29, 0.717) is 6.54 Å². The molecule has 0 atom stereocenters. The van der Waals surface area contributed by atoms with E-state index in [1.807, 2.05) is 20.8 Å². The van der Waals surface area contributed by atoms with Gasteiger partial charge in [0, 0.05) is 18.2 Å². The predicted octanol–water partition coefficient (Wildman–Crippen LogP) is 2.90. The van der Waals surface area contributed by atoms with Crippen molar-refractivity contribution in [3.8, 4) is 0 Å². The second-order valence-corrected chi connectivity index (χ2v) is 5.12. The summed E-state index contributed by atoms with van der Waals surface area (Å²) in [5, 5.41) is 13.2. The molecule has 6 heteroatoms. The number of nitrogens with zero attached hydrogens (tertiary/aromatic N) is 1. The van der Waals surface area contributed by atoms with Crippen molar-refractivity contribution in [3.05, 3.63) is 39.7 Å². The summed E-state index contributed by atoms with van der Waals surface area (Å²) in [6, 6.07) is 3.12. The number of hydrogen-bond donors (Lipinski definition) is 1. The van der Waals surface area contributed by atoms with Crippen LogP contribution in [0.4, 0.5) is 10.1 Å². The van der Waals surface area contributed by atoms with Crippen molar-refractivity contribution in [1.82, 2.24) is 5.32 Å². The summed E-state index contributed by atoms with van der Waals surface area (Å²) in [6.45, 7) is 6.48. The summed E-state index contributed by atoms with van der Waals surface area (Å²) >= 11 is 0. The minimum absolute atomic E-state index is 0.0466. The monoisotopic (exact) mass is 268 g/mol. The predicted molar refractivity (Wildman–Crippen MR) is 69.5 cm³/mol. The zero-order valence-corrected chi connectivity index (χ0v) is 11.2. The maximum Gasteiger partial charge on any atom is 0.304 e. The molecule has 0 heterocycles. The van der Waals surface area contributed by atoms with Gasteiger partial charge in [0.05, 0.1) is 4.92 Å². The lowest BCUT2D eigenvalue weighted by atomic mass is 9.90. The Kier molecular flexibility index (Phi) is 4.58. The molecule has 0 aliphatic carbocycles. The fourth-order valence-corrected chi connectivity index (χ4v) is 1.34. The molecular weight excluding hydrogens is 251 g/mol. The zero-order valence-electron chi connectivity index (χ0n) is 11.2. The van der Waals surface area contributed by atoms with E-state index in [2.05, 4.69) is 5.32 Å². The highest BCUT2D eigenvalue weighted by molar-refractivity contribution is 5.94. The number of nitro benzene ring substituents is 1. The molecule has 0 aliphatic heterocycles. The number of hydrogen-bond acceptors (Lipinski definition) is 3. The number of halogens is 1. The molecule has 19 heavy (non-hydrogen) atoms. The molecule has 1 amide bonds. The van der Waals surface area contributed by atoms with Crippen molar-refractivity contribution in [2.75, 3.05) is 6.54 Å². The average Bonchev–Trinajstić information content (AvgIpc) is 2.35. The van der Waals surface area contributed by atoms with E-state index in [1.54, 1.807) is 0 Å². The standard InChI is InChI=1S/C13H17FN2O3/c1-4-13(2,3)8-15-12(17)9-5-6-11(16(18)19)10(14)7-9/h5-7H,4,8H2,1-3H3,(H,15,17). The number of benzene rings is 1. The molecule has 0 radical (unpaired) electrons. The first-order valence-corrected chi connectivity index (χ1v) is 5.99. The van der Waals surface area contributed by atoms with Gasteiger partial charge in [0.1, 0.15) is 0 Å². The maximum absolute atomic E-state index is 13.4. The summed E-state index contributed by atoms with van der Waals surface area (Å²) in [5.74, 6) is -1.44. The molecule has 1 rings (SSSR count). The van der Waals surface area contributed by atoms with Crippen molar-refractivity contribution in [3.63, 3.8) is 0 Å². The summed E-state index contributed by atoms with van der Waals surface area (Å²) in [6.07, 6.45) is 0.891. The first-order chi connectivity index (χ1) is 8.76. The van der Waals surface area contributed by atoms with Gasteiger partial charge in [-0.05, 0) is 24.0 Å². The number of amides is 1. The van der Waals surface area contributed by atoms with E-state index in [9.17, 15) is 19.3 Å². The van der Waals surface area contributed by atoms with Crippen LogP contribution in [0.25, 0.3) is 0 Å². The Morgan fingerprint density at radius 3 is 2.58 bits per heavy atom. The fourth-order valence-electron chi connectivity index (χ4n) is 1.34. The highest BCUT2D eigenvalue weighted by atomic mass is 19.1. The average molecular weight is 268 g/mol. The van der Waals surface area contributed by atoms with Crippen molar-refractivity contribution < 1.29 is 14.1 Å². The van der Waals surface area contributed by atoms with E-state index in [1.165, 1.54) is 6.07 Å². The van der Waals surface area contributed by atoms with Gasteiger partial charge in [-0.1, -0.05) is 20.8 Å². The lowest BCUT2D eigenvalue weighted by Gasteiger charge is -2.22. The third-order valence-electron chi connectivity index (χ3n) is 3.09. The molecule has 1 aromatic carbocycles. The van der Waals surface area contributed by atoms with E-state index in [0.717, 1.165) is 18.6 Å². The van der Waals surface area contributed by atoms with Crippen LogP contribution >= 0.6 is 0 Å². The minimum atomic E-state index is -1.01. The van der Waals surface area contributed by atoms with Gasteiger partial charge in [0.15, 0.2) is 0 Å². The molecule has 0 aromatic heterocycles. The van der Waals surface area contributed by atoms with E-state index < -0.39 is 22.3 Å². The van der Waals surface area contributed by atoms with Crippen LogP contribution in [0.15, 0.2) is 18.2 Å². The van der Waals surface area contributed by atoms with Gasteiger partial charge in [-0.3, -0.25) is 14.9 Å². The zero-order chi connectivity index (χ0) is 14.6. The molecule has 0 saturated carbocycles. The summed E-state index contributed by atoms with van der Waals surface area (Å²) < 4.78 is 13.4. The number of rotatable bonds is 5. The Balaban J connectivity index is 2.79. The van der Waals surface area contributed by atoms with Crippen LogP contribution < -0.4 is 5.32 Å². The molecule has 0 saturated heterocycles. The highest BCUT2D eigenvalue weighted by Gasteiger charge is 2.19. The lowest BCUT2D eigenvalue weighted by Crippen LogP contribution is -2.33. The lowest BCUT2D eigenvalue weighted by molar-refractivity contribution is -0.387. The quantitative estimate of drug-likeness (QED) is 0.659. The van der Waals surface area contributed by atoms with Crippen molar-refractivity contribution >= 4 is 11.6 Å². The Labute approximate surface area is 111 Å². The summed E-state index contributed by atoms with van der Waals surface area (Å²) in [7, 11) is 0. The van der Waals surface area contributed by atoms with Crippen LogP contribution in [0.2, 0.25) is 0 Å².